The molecule has 2 N–H and O–H groups in total. The summed E-state index contributed by atoms with van der Waals surface area (Å²) in [5, 5.41) is 22.9. The summed E-state index contributed by atoms with van der Waals surface area (Å²) in [6.07, 6.45) is 0. The molecule has 0 saturated heterocycles. The number of amides is 1. The van der Waals surface area contributed by atoms with Crippen LogP contribution in [0.4, 0.5) is 11.4 Å². The number of nitro benzene ring substituents is 1. The normalized spacial score (nSPS) is 10.1. The molecule has 0 aliphatic carbocycles. The van der Waals surface area contributed by atoms with Gasteiger partial charge in [-0.1, -0.05) is 24.3 Å². The number of benzene rings is 3. The molecule has 8 heteroatoms. The minimum absolute atomic E-state index is 0.300. The molecule has 28 heavy (non-hydrogen) atoms. The Morgan fingerprint density at radius 1 is 0.893 bits per heavy atom. The summed E-state index contributed by atoms with van der Waals surface area (Å²) in [4.78, 5) is 34.1. The summed E-state index contributed by atoms with van der Waals surface area (Å²) in [5.74, 6) is -1.12. The molecule has 0 aliphatic heterocycles. The maximum absolute atomic E-state index is 12.5. The van der Waals surface area contributed by atoms with Crippen molar-refractivity contribution in [3.8, 4) is 11.5 Å². The summed E-state index contributed by atoms with van der Waals surface area (Å²) in [6.45, 7) is 0. The molecular formula is C20H14N2O6. The van der Waals surface area contributed by atoms with E-state index >= 15 is 0 Å². The lowest BCUT2D eigenvalue weighted by Gasteiger charge is -2.09. The number of ether oxygens (including phenoxy) is 1. The highest BCUT2D eigenvalue weighted by atomic mass is 16.6. The number of nitrogens with zero attached hydrogens (tertiary/aromatic N) is 1. The van der Waals surface area contributed by atoms with Gasteiger partial charge in [0, 0.05) is 11.8 Å². The number of carbonyl (C=O) groups excluding carboxylic acids is 1. The summed E-state index contributed by atoms with van der Waals surface area (Å²) < 4.78 is 5.65. The molecule has 3 aromatic carbocycles. The molecule has 8 nitrogen and oxygen atoms in total. The van der Waals surface area contributed by atoms with Crippen LogP contribution in [-0.4, -0.2) is 21.9 Å². The fourth-order valence-electron chi connectivity index (χ4n) is 2.54. The van der Waals surface area contributed by atoms with Crippen molar-refractivity contribution in [1.82, 2.24) is 0 Å². The molecule has 3 aromatic rings. The van der Waals surface area contributed by atoms with Gasteiger partial charge in [-0.15, -0.1) is 0 Å². The van der Waals surface area contributed by atoms with Gasteiger partial charge in [0.05, 0.1) is 10.5 Å². The van der Waals surface area contributed by atoms with Gasteiger partial charge in [0.15, 0.2) is 0 Å². The molecule has 0 aromatic heterocycles. The van der Waals surface area contributed by atoms with Gasteiger partial charge < -0.3 is 15.2 Å². The first-order valence-corrected chi connectivity index (χ1v) is 8.10. The van der Waals surface area contributed by atoms with Crippen molar-refractivity contribution in [3.63, 3.8) is 0 Å². The van der Waals surface area contributed by atoms with Crippen LogP contribution in [0.5, 0.6) is 11.5 Å². The minimum Gasteiger partial charge on any atom is -0.477 e. The second kappa shape index (κ2) is 8.00. The van der Waals surface area contributed by atoms with E-state index in [4.69, 9.17) is 4.74 Å². The van der Waals surface area contributed by atoms with Crippen molar-refractivity contribution < 1.29 is 24.4 Å². The third-order valence-corrected chi connectivity index (χ3v) is 3.79. The van der Waals surface area contributed by atoms with Crippen LogP contribution in [0, 0.1) is 10.1 Å². The van der Waals surface area contributed by atoms with Crippen LogP contribution in [0.3, 0.4) is 0 Å². The number of hydrogen-bond donors (Lipinski definition) is 2. The Morgan fingerprint density at radius 2 is 1.54 bits per heavy atom. The molecule has 3 rings (SSSR count). The first-order valence-electron chi connectivity index (χ1n) is 8.10. The van der Waals surface area contributed by atoms with E-state index < -0.39 is 28.1 Å². The zero-order chi connectivity index (χ0) is 20.1. The Kier molecular flexibility index (Phi) is 5.31. The highest BCUT2D eigenvalue weighted by molar-refractivity contribution is 6.12. The Bertz CT molecular complexity index is 1030. The predicted molar refractivity (Wildman–Crippen MR) is 101 cm³/mol. The fourth-order valence-corrected chi connectivity index (χ4v) is 2.54. The second-order valence-electron chi connectivity index (χ2n) is 5.66. The fraction of sp³-hybridized carbons (Fsp3) is 0. The molecule has 0 aliphatic rings. The van der Waals surface area contributed by atoms with Crippen LogP contribution < -0.4 is 10.1 Å². The molecule has 0 spiro atoms. The molecule has 0 radical (unpaired) electrons. The van der Waals surface area contributed by atoms with Crippen LogP contribution in [0.2, 0.25) is 0 Å². The number of anilines is 1. The molecule has 0 bridgehead atoms. The molecule has 0 unspecified atom stereocenters. The van der Waals surface area contributed by atoms with Gasteiger partial charge in [0.1, 0.15) is 17.1 Å². The molecule has 0 fully saturated rings. The lowest BCUT2D eigenvalue weighted by Crippen LogP contribution is -2.17. The Hall–Kier alpha value is -4.20. The van der Waals surface area contributed by atoms with E-state index in [-0.39, 0.29) is 5.56 Å². The number of nitrogens with one attached hydrogen (secondary N) is 1. The Morgan fingerprint density at radius 3 is 2.14 bits per heavy atom. The van der Waals surface area contributed by atoms with Crippen LogP contribution in [0.15, 0.2) is 72.8 Å². The monoisotopic (exact) mass is 378 g/mol. The highest BCUT2D eigenvalue weighted by Gasteiger charge is 2.26. The second-order valence-corrected chi connectivity index (χ2v) is 5.66. The van der Waals surface area contributed by atoms with Gasteiger partial charge in [-0.25, -0.2) is 4.79 Å². The zero-order valence-electron chi connectivity index (χ0n) is 14.4. The highest BCUT2D eigenvalue weighted by Crippen LogP contribution is 2.25. The Labute approximate surface area is 159 Å². The number of hydrogen-bond acceptors (Lipinski definition) is 5. The Balaban J connectivity index is 1.79. The van der Waals surface area contributed by atoms with E-state index in [2.05, 4.69) is 5.32 Å². The van der Waals surface area contributed by atoms with Crippen LogP contribution in [-0.2, 0) is 0 Å². The predicted octanol–water partition coefficient (Wildman–Crippen LogP) is 4.34. The maximum Gasteiger partial charge on any atom is 0.343 e. The molecular weight excluding hydrogens is 364 g/mol. The van der Waals surface area contributed by atoms with E-state index in [1.54, 1.807) is 36.4 Å². The standard InChI is InChI=1S/C20H14N2O6/c23-19(16-7-4-8-17(22(26)27)18(16)20(24)25)21-13-9-11-15(12-10-13)28-14-5-2-1-3-6-14/h1-12H,(H,21,23)(H,24,25). The van der Waals surface area contributed by atoms with Gasteiger partial charge in [-0.05, 0) is 42.5 Å². The molecule has 140 valence electrons. The van der Waals surface area contributed by atoms with Crippen molar-refractivity contribution >= 4 is 23.3 Å². The molecule has 0 heterocycles. The topological polar surface area (TPSA) is 119 Å². The summed E-state index contributed by atoms with van der Waals surface area (Å²) in [7, 11) is 0. The molecule has 0 atom stereocenters. The molecule has 1 amide bonds. The smallest absolute Gasteiger partial charge is 0.343 e. The van der Waals surface area contributed by atoms with Crippen molar-refractivity contribution in [1.29, 1.82) is 0 Å². The first kappa shape index (κ1) is 18.6. The number of carbonyl (C=O) groups is 2. The van der Waals surface area contributed by atoms with E-state index in [1.807, 2.05) is 18.2 Å². The summed E-state index contributed by atoms with van der Waals surface area (Å²) in [5.41, 5.74) is -1.22. The van der Waals surface area contributed by atoms with Crippen LogP contribution >= 0.6 is 0 Å². The maximum atomic E-state index is 12.5. The SMILES string of the molecule is O=C(Nc1ccc(Oc2ccccc2)cc1)c1cccc([N+](=O)[O-])c1C(=O)O. The van der Waals surface area contributed by atoms with Gasteiger partial charge in [0.2, 0.25) is 0 Å². The number of para-hydroxylation sites is 1. The lowest BCUT2D eigenvalue weighted by atomic mass is 10.0. The summed E-state index contributed by atoms with van der Waals surface area (Å²) >= 11 is 0. The van der Waals surface area contributed by atoms with Crippen molar-refractivity contribution in [3.05, 3.63) is 94.0 Å². The van der Waals surface area contributed by atoms with E-state index in [0.29, 0.717) is 17.2 Å². The third-order valence-electron chi connectivity index (χ3n) is 3.79. The number of carboxylic acids is 1. The average Bonchev–Trinajstić information content (AvgIpc) is 2.69. The summed E-state index contributed by atoms with van der Waals surface area (Å²) in [6, 6.07) is 19.1. The van der Waals surface area contributed by atoms with Gasteiger partial charge >= 0.3 is 5.97 Å². The van der Waals surface area contributed by atoms with Gasteiger partial charge in [-0.2, -0.15) is 0 Å². The van der Waals surface area contributed by atoms with E-state index in [0.717, 1.165) is 6.07 Å². The van der Waals surface area contributed by atoms with E-state index in [1.165, 1.54) is 12.1 Å². The number of aromatic carboxylic acids is 1. The quantitative estimate of drug-likeness (QED) is 0.486. The van der Waals surface area contributed by atoms with Crippen molar-refractivity contribution in [2.24, 2.45) is 0 Å². The number of rotatable bonds is 6. The largest absolute Gasteiger partial charge is 0.477 e. The first-order chi connectivity index (χ1) is 13.5. The third kappa shape index (κ3) is 4.13. The lowest BCUT2D eigenvalue weighted by molar-refractivity contribution is -0.385. The minimum atomic E-state index is -1.55. The van der Waals surface area contributed by atoms with Crippen molar-refractivity contribution in [2.45, 2.75) is 0 Å². The van der Waals surface area contributed by atoms with Crippen LogP contribution in [0.1, 0.15) is 20.7 Å². The number of carboxylic acid groups (broad SMARTS) is 1. The average molecular weight is 378 g/mol. The molecule has 0 saturated carbocycles. The van der Waals surface area contributed by atoms with Crippen molar-refractivity contribution in [2.75, 3.05) is 5.32 Å². The van der Waals surface area contributed by atoms with Crippen LogP contribution in [0.25, 0.3) is 0 Å². The zero-order valence-corrected chi connectivity index (χ0v) is 14.4. The van der Waals surface area contributed by atoms with Gasteiger partial charge in [0.25, 0.3) is 11.6 Å². The van der Waals surface area contributed by atoms with Gasteiger partial charge in [-0.3, -0.25) is 14.9 Å². The number of nitro groups is 1. The van der Waals surface area contributed by atoms with E-state index in [9.17, 15) is 24.8 Å².